The molecule has 4 rings (SSSR count). The molecule has 2 aromatic carbocycles. The molecule has 0 spiro atoms. The van der Waals surface area contributed by atoms with Crippen LogP contribution in [0.15, 0.2) is 48.0 Å². The molecular weight excluding hydrogens is 380 g/mol. The van der Waals surface area contributed by atoms with Crippen LogP contribution in [0.1, 0.15) is 61.2 Å². The Balaban J connectivity index is 1.74. The van der Waals surface area contributed by atoms with Gasteiger partial charge in [-0.15, -0.1) is 0 Å². The van der Waals surface area contributed by atoms with E-state index in [9.17, 15) is 20.1 Å². The summed E-state index contributed by atoms with van der Waals surface area (Å²) in [5.74, 6) is 0.640. The number of fused-ring (bicyclic) bond motifs is 1. The van der Waals surface area contributed by atoms with Crippen molar-refractivity contribution in [3.05, 3.63) is 64.7 Å². The van der Waals surface area contributed by atoms with Crippen LogP contribution in [-0.4, -0.2) is 27.2 Å². The first-order valence-corrected chi connectivity index (χ1v) is 10.4. The van der Waals surface area contributed by atoms with Crippen molar-refractivity contribution >= 4 is 5.78 Å². The molecule has 2 unspecified atom stereocenters. The second-order valence-electron chi connectivity index (χ2n) is 9.04. The number of aliphatic hydroxyl groups excluding tert-OH is 1. The predicted octanol–water partition coefficient (Wildman–Crippen LogP) is 4.70. The van der Waals surface area contributed by atoms with Crippen LogP contribution >= 0.6 is 0 Å². The summed E-state index contributed by atoms with van der Waals surface area (Å²) in [6.45, 7) is 6.13. The highest BCUT2D eigenvalue weighted by atomic mass is 16.5. The van der Waals surface area contributed by atoms with Crippen molar-refractivity contribution in [2.24, 2.45) is 11.3 Å². The largest absolute Gasteiger partial charge is 0.508 e. The summed E-state index contributed by atoms with van der Waals surface area (Å²) in [6, 6.07) is 9.81. The van der Waals surface area contributed by atoms with Gasteiger partial charge in [0, 0.05) is 5.56 Å². The Morgan fingerprint density at radius 3 is 2.50 bits per heavy atom. The van der Waals surface area contributed by atoms with Crippen molar-refractivity contribution in [3.63, 3.8) is 0 Å². The van der Waals surface area contributed by atoms with E-state index in [1.165, 1.54) is 5.57 Å². The minimum atomic E-state index is -0.479. The Bertz CT molecular complexity index is 1000. The number of Topliss-reactive ketones (excluding diaryl/α,β-unsaturated/α-hetero) is 1. The molecule has 0 amide bonds. The highest BCUT2D eigenvalue weighted by molar-refractivity contribution is 6.00. The van der Waals surface area contributed by atoms with Crippen molar-refractivity contribution in [3.8, 4) is 17.2 Å². The normalized spacial score (nSPS) is 25.3. The predicted molar refractivity (Wildman–Crippen MR) is 114 cm³/mol. The van der Waals surface area contributed by atoms with E-state index in [0.717, 1.165) is 5.56 Å². The lowest BCUT2D eigenvalue weighted by Gasteiger charge is -2.43. The number of carbonyl (C=O) groups is 1. The van der Waals surface area contributed by atoms with Crippen LogP contribution in [0.5, 0.6) is 17.2 Å². The van der Waals surface area contributed by atoms with Crippen molar-refractivity contribution in [1.82, 2.24) is 0 Å². The number of hydrogen-bond acceptors (Lipinski definition) is 5. The van der Waals surface area contributed by atoms with Crippen LogP contribution < -0.4 is 4.74 Å². The third kappa shape index (κ3) is 3.47. The first kappa shape index (κ1) is 20.5. The fourth-order valence-corrected chi connectivity index (χ4v) is 4.70. The molecule has 5 heteroatoms. The Morgan fingerprint density at radius 1 is 1.10 bits per heavy atom. The molecule has 0 radical (unpaired) electrons. The average Bonchev–Trinajstić information content (AvgIpc) is 2.70. The Morgan fingerprint density at radius 2 is 1.80 bits per heavy atom. The van der Waals surface area contributed by atoms with E-state index in [1.807, 2.05) is 13.8 Å². The lowest BCUT2D eigenvalue weighted by molar-refractivity contribution is 0.0105. The summed E-state index contributed by atoms with van der Waals surface area (Å²) >= 11 is 0. The van der Waals surface area contributed by atoms with Crippen LogP contribution in [0.2, 0.25) is 0 Å². The molecule has 1 heterocycles. The molecule has 2 aromatic rings. The van der Waals surface area contributed by atoms with E-state index < -0.39 is 12.2 Å². The molecule has 1 aliphatic heterocycles. The number of aliphatic hydroxyl groups is 1. The van der Waals surface area contributed by atoms with E-state index in [0.29, 0.717) is 29.7 Å². The van der Waals surface area contributed by atoms with Gasteiger partial charge in [0.1, 0.15) is 23.4 Å². The van der Waals surface area contributed by atoms with Gasteiger partial charge in [-0.1, -0.05) is 37.6 Å². The maximum Gasteiger partial charge on any atom is 0.170 e. The highest BCUT2D eigenvalue weighted by Crippen LogP contribution is 2.47. The Hall–Kier alpha value is -2.79. The maximum atomic E-state index is 12.9. The van der Waals surface area contributed by atoms with Gasteiger partial charge in [-0.3, -0.25) is 4.79 Å². The van der Waals surface area contributed by atoms with Gasteiger partial charge in [-0.2, -0.15) is 0 Å². The number of allylic oxidation sites excluding steroid dienone is 1. The van der Waals surface area contributed by atoms with Crippen molar-refractivity contribution in [2.75, 3.05) is 0 Å². The van der Waals surface area contributed by atoms with Crippen molar-refractivity contribution in [2.45, 2.75) is 52.2 Å². The lowest BCUT2D eigenvalue weighted by atomic mass is 9.64. The smallest absolute Gasteiger partial charge is 0.170 e. The maximum absolute atomic E-state index is 12.9. The summed E-state index contributed by atoms with van der Waals surface area (Å²) < 4.78 is 6.27. The Kier molecular flexibility index (Phi) is 5.10. The van der Waals surface area contributed by atoms with Gasteiger partial charge >= 0.3 is 0 Å². The summed E-state index contributed by atoms with van der Waals surface area (Å²) in [5.41, 5.74) is 2.67. The van der Waals surface area contributed by atoms with E-state index in [2.05, 4.69) is 13.0 Å². The number of phenolic OH excluding ortho intramolecular Hbond substituents is 2. The average molecular weight is 408 g/mol. The fourth-order valence-electron chi connectivity index (χ4n) is 4.70. The molecule has 3 N–H and O–H groups in total. The monoisotopic (exact) mass is 408 g/mol. The number of benzene rings is 2. The zero-order chi connectivity index (χ0) is 21.6. The van der Waals surface area contributed by atoms with Gasteiger partial charge in [0.25, 0.3) is 0 Å². The minimum Gasteiger partial charge on any atom is -0.508 e. The number of rotatable bonds is 3. The number of ether oxygens (including phenoxy) is 1. The molecule has 158 valence electrons. The summed E-state index contributed by atoms with van der Waals surface area (Å²) in [5, 5.41) is 30.8. The topological polar surface area (TPSA) is 87.0 Å². The molecule has 0 bridgehead atoms. The minimum absolute atomic E-state index is 0.00593. The lowest BCUT2D eigenvalue weighted by Crippen LogP contribution is -2.41. The van der Waals surface area contributed by atoms with E-state index in [-0.39, 0.29) is 35.0 Å². The van der Waals surface area contributed by atoms with Crippen LogP contribution in [0.4, 0.5) is 0 Å². The zero-order valence-electron chi connectivity index (χ0n) is 17.6. The number of phenols is 2. The quantitative estimate of drug-likeness (QED) is 0.641. The van der Waals surface area contributed by atoms with Crippen LogP contribution in [0.3, 0.4) is 0 Å². The number of ketones is 1. The van der Waals surface area contributed by atoms with Crippen LogP contribution in [0.25, 0.3) is 0 Å². The van der Waals surface area contributed by atoms with Crippen LogP contribution in [0, 0.1) is 11.3 Å². The molecule has 1 aliphatic carbocycles. The second-order valence-corrected chi connectivity index (χ2v) is 9.04. The standard InChI is InChI=1S/C25H28O5/c1-14-4-11-23(29)25(2,3)19(14)12-18-20(27)10-9-17-21(28)13-22(30-24(17)18)15-5-7-16(26)8-6-15/h4-10,19,22-23,26-27,29H,11-13H2,1-3H3/t19?,22-,23?/m0/s1. The summed E-state index contributed by atoms with van der Waals surface area (Å²) in [7, 11) is 0. The summed E-state index contributed by atoms with van der Waals surface area (Å²) in [6.07, 6.45) is 2.39. The van der Waals surface area contributed by atoms with Gasteiger partial charge in [0.2, 0.25) is 0 Å². The SMILES string of the molecule is CC1=CCC(O)C(C)(C)C1Cc1c(O)ccc2c1O[C@H](c1ccc(O)cc1)CC2=O. The molecule has 5 nitrogen and oxygen atoms in total. The van der Waals surface area contributed by atoms with E-state index in [1.54, 1.807) is 36.4 Å². The van der Waals surface area contributed by atoms with E-state index >= 15 is 0 Å². The summed E-state index contributed by atoms with van der Waals surface area (Å²) in [4.78, 5) is 12.9. The molecule has 2 aliphatic rings. The first-order chi connectivity index (χ1) is 14.2. The van der Waals surface area contributed by atoms with Crippen molar-refractivity contribution in [1.29, 1.82) is 0 Å². The Labute approximate surface area is 176 Å². The molecular formula is C25H28O5. The molecule has 0 fully saturated rings. The third-order valence-electron chi connectivity index (χ3n) is 6.81. The third-order valence-corrected chi connectivity index (χ3v) is 6.81. The number of hydrogen-bond donors (Lipinski definition) is 3. The first-order valence-electron chi connectivity index (χ1n) is 10.4. The molecule has 0 saturated heterocycles. The number of carbonyl (C=O) groups excluding carboxylic acids is 1. The number of aromatic hydroxyl groups is 2. The van der Waals surface area contributed by atoms with Crippen molar-refractivity contribution < 1.29 is 24.9 Å². The van der Waals surface area contributed by atoms with Gasteiger partial charge in [-0.25, -0.2) is 0 Å². The second kappa shape index (κ2) is 7.47. The molecule has 30 heavy (non-hydrogen) atoms. The van der Waals surface area contributed by atoms with Gasteiger partial charge < -0.3 is 20.1 Å². The molecule has 0 saturated carbocycles. The van der Waals surface area contributed by atoms with Gasteiger partial charge in [-0.05, 0) is 60.9 Å². The van der Waals surface area contributed by atoms with Gasteiger partial charge in [0.15, 0.2) is 5.78 Å². The molecule has 0 aromatic heterocycles. The van der Waals surface area contributed by atoms with Gasteiger partial charge in [0.05, 0.1) is 18.1 Å². The highest BCUT2D eigenvalue weighted by Gasteiger charge is 2.41. The zero-order valence-corrected chi connectivity index (χ0v) is 17.6. The molecule has 3 atom stereocenters. The van der Waals surface area contributed by atoms with E-state index in [4.69, 9.17) is 4.74 Å². The van der Waals surface area contributed by atoms with Crippen LogP contribution in [-0.2, 0) is 6.42 Å². The fraction of sp³-hybridized carbons (Fsp3) is 0.400.